The van der Waals surface area contributed by atoms with E-state index in [1.54, 1.807) is 0 Å². The zero-order valence-electron chi connectivity index (χ0n) is 18.5. The Balaban J connectivity index is 0. The Morgan fingerprint density at radius 3 is 0.906 bits per heavy atom. The van der Waals surface area contributed by atoms with Crippen LogP contribution in [-0.2, 0) is 0 Å². The molecule has 0 heterocycles. The van der Waals surface area contributed by atoms with E-state index < -0.39 is 11.9 Å². The van der Waals surface area contributed by atoms with E-state index in [1.807, 2.05) is 0 Å². The van der Waals surface area contributed by atoms with E-state index in [2.05, 4.69) is 0 Å². The molecule has 0 spiro atoms. The van der Waals surface area contributed by atoms with Gasteiger partial charge in [0.15, 0.2) is 23.0 Å². The first-order valence-electron chi connectivity index (χ1n) is 8.34. The largest absolute Gasteiger partial charge is 0.493 e. The third kappa shape index (κ3) is 7.42. The van der Waals surface area contributed by atoms with Gasteiger partial charge in [-0.1, -0.05) is 0 Å². The van der Waals surface area contributed by atoms with Gasteiger partial charge in [0.25, 0.3) is 0 Å². The van der Waals surface area contributed by atoms with Gasteiger partial charge in [-0.05, 0) is 24.3 Å². The minimum atomic E-state index is -1.05. The van der Waals surface area contributed by atoms with Gasteiger partial charge in [-0.15, -0.1) is 0 Å². The zero-order valence-corrected chi connectivity index (χ0v) is 19.7. The molecule has 2 aromatic rings. The van der Waals surface area contributed by atoms with Gasteiger partial charge >= 0.3 is 11.9 Å². The second-order valence-electron chi connectivity index (χ2n) is 5.44. The predicted molar refractivity (Wildman–Crippen MR) is 115 cm³/mol. The van der Waals surface area contributed by atoms with Gasteiger partial charge in [0, 0.05) is 17.4 Å². The molecule has 0 amide bonds. The number of carbonyl (C=O) groups is 2. The minimum absolute atomic E-state index is 0. The summed E-state index contributed by atoms with van der Waals surface area (Å²) in [5, 5.41) is 17.7. The van der Waals surface area contributed by atoms with Crippen LogP contribution in [0.4, 0.5) is 0 Å². The summed E-state index contributed by atoms with van der Waals surface area (Å²) in [6, 6.07) is 5.51. The zero-order chi connectivity index (χ0) is 22.8. The third-order valence-corrected chi connectivity index (χ3v) is 3.82. The van der Waals surface area contributed by atoms with Crippen molar-refractivity contribution in [3.8, 4) is 34.5 Å². The van der Waals surface area contributed by atoms with Crippen LogP contribution in [0, 0.1) is 0 Å². The first kappa shape index (κ1) is 30.9. The standard InChI is InChI=1S/2C10H12O5.Al.H2O/c2*1-13-7-4-6(10(11)12)5-8(14-2)9(7)15-3;;/h2*4-5H,1-3H3,(H,11,12);;1H2. The molecule has 11 nitrogen and oxygen atoms in total. The van der Waals surface area contributed by atoms with Crippen molar-refractivity contribution < 1.29 is 53.7 Å². The summed E-state index contributed by atoms with van der Waals surface area (Å²) in [6.07, 6.45) is 0. The molecule has 175 valence electrons. The fraction of sp³-hybridized carbons (Fsp3) is 0.300. The molecule has 0 saturated carbocycles. The van der Waals surface area contributed by atoms with Crippen LogP contribution in [0.15, 0.2) is 24.3 Å². The van der Waals surface area contributed by atoms with Crippen molar-refractivity contribution in [2.45, 2.75) is 0 Å². The molecule has 0 fully saturated rings. The van der Waals surface area contributed by atoms with Gasteiger partial charge in [-0.2, -0.15) is 0 Å². The third-order valence-electron chi connectivity index (χ3n) is 3.82. The van der Waals surface area contributed by atoms with Crippen molar-refractivity contribution in [2.24, 2.45) is 0 Å². The van der Waals surface area contributed by atoms with Gasteiger partial charge in [0.05, 0.1) is 53.8 Å². The molecular weight excluding hydrogens is 443 g/mol. The van der Waals surface area contributed by atoms with Gasteiger partial charge in [-0.3, -0.25) is 0 Å². The van der Waals surface area contributed by atoms with Crippen LogP contribution in [0.25, 0.3) is 0 Å². The molecular formula is C20H26AlO11. The van der Waals surface area contributed by atoms with Gasteiger partial charge in [-0.25, -0.2) is 9.59 Å². The lowest BCUT2D eigenvalue weighted by atomic mass is 10.2. The lowest BCUT2D eigenvalue weighted by Crippen LogP contribution is -2.01. The molecule has 0 atom stereocenters. The Morgan fingerprint density at radius 2 is 0.781 bits per heavy atom. The van der Waals surface area contributed by atoms with E-state index in [4.69, 9.17) is 38.6 Å². The van der Waals surface area contributed by atoms with Crippen molar-refractivity contribution in [1.82, 2.24) is 0 Å². The van der Waals surface area contributed by atoms with Crippen LogP contribution in [0.5, 0.6) is 34.5 Å². The Labute approximate surface area is 195 Å². The highest BCUT2D eigenvalue weighted by Gasteiger charge is 2.17. The second-order valence-corrected chi connectivity index (χ2v) is 5.44. The van der Waals surface area contributed by atoms with E-state index in [1.165, 1.54) is 66.9 Å². The Bertz CT molecular complexity index is 776. The maximum atomic E-state index is 10.8. The SMILES string of the molecule is COc1cc(C(=O)O)cc(OC)c1OC.COc1cc(C(=O)O)cc(OC)c1OC.O.[Al]. The van der Waals surface area contributed by atoms with Crippen molar-refractivity contribution in [1.29, 1.82) is 0 Å². The van der Waals surface area contributed by atoms with Crippen LogP contribution in [0.3, 0.4) is 0 Å². The van der Waals surface area contributed by atoms with E-state index in [0.717, 1.165) is 0 Å². The van der Waals surface area contributed by atoms with Gasteiger partial charge in [0.2, 0.25) is 11.5 Å². The van der Waals surface area contributed by atoms with Crippen molar-refractivity contribution >= 4 is 29.3 Å². The molecule has 0 aliphatic carbocycles. The maximum Gasteiger partial charge on any atom is 0.335 e. The average molecular weight is 469 g/mol. The Kier molecular flexibility index (Phi) is 14.1. The fourth-order valence-corrected chi connectivity index (χ4v) is 2.41. The smallest absolute Gasteiger partial charge is 0.335 e. The lowest BCUT2D eigenvalue weighted by Gasteiger charge is -2.12. The van der Waals surface area contributed by atoms with Crippen molar-refractivity contribution in [3.05, 3.63) is 35.4 Å². The van der Waals surface area contributed by atoms with E-state index in [0.29, 0.717) is 34.5 Å². The van der Waals surface area contributed by atoms with Crippen molar-refractivity contribution in [2.75, 3.05) is 42.7 Å². The normalized spacial score (nSPS) is 8.94. The monoisotopic (exact) mass is 469 g/mol. The highest BCUT2D eigenvalue weighted by Crippen LogP contribution is 2.39. The number of benzene rings is 2. The van der Waals surface area contributed by atoms with Gasteiger partial charge < -0.3 is 44.1 Å². The summed E-state index contributed by atoms with van der Waals surface area (Å²) in [7, 11) is 8.65. The van der Waals surface area contributed by atoms with E-state index >= 15 is 0 Å². The lowest BCUT2D eigenvalue weighted by molar-refractivity contribution is 0.0685. The minimum Gasteiger partial charge on any atom is -0.493 e. The Morgan fingerprint density at radius 1 is 0.562 bits per heavy atom. The molecule has 0 aliphatic rings. The first-order chi connectivity index (χ1) is 14.3. The summed E-state index contributed by atoms with van der Waals surface area (Å²) in [5.74, 6) is -0.0227. The van der Waals surface area contributed by atoms with Gasteiger partial charge in [0.1, 0.15) is 0 Å². The van der Waals surface area contributed by atoms with Crippen LogP contribution in [0.2, 0.25) is 0 Å². The number of rotatable bonds is 8. The molecule has 2 rings (SSSR count). The quantitative estimate of drug-likeness (QED) is 0.543. The molecule has 2 aromatic carbocycles. The number of aromatic carboxylic acids is 2. The molecule has 32 heavy (non-hydrogen) atoms. The number of hydrogen-bond donors (Lipinski definition) is 2. The van der Waals surface area contributed by atoms with E-state index in [-0.39, 0.29) is 34.0 Å². The molecule has 0 bridgehead atoms. The molecule has 0 saturated heterocycles. The number of ether oxygens (including phenoxy) is 6. The van der Waals surface area contributed by atoms with Crippen LogP contribution in [0.1, 0.15) is 20.7 Å². The first-order valence-corrected chi connectivity index (χ1v) is 8.34. The number of hydrogen-bond acceptors (Lipinski definition) is 8. The summed E-state index contributed by atoms with van der Waals surface area (Å²) >= 11 is 0. The number of carboxylic acid groups (broad SMARTS) is 2. The summed E-state index contributed by atoms with van der Waals surface area (Å²) in [5.41, 5.74) is 0.175. The molecule has 0 aromatic heterocycles. The summed E-state index contributed by atoms with van der Waals surface area (Å²) < 4.78 is 30.1. The molecule has 3 radical (unpaired) electrons. The van der Waals surface area contributed by atoms with Crippen molar-refractivity contribution in [3.63, 3.8) is 0 Å². The fourth-order valence-electron chi connectivity index (χ4n) is 2.41. The molecule has 0 aliphatic heterocycles. The average Bonchev–Trinajstić information content (AvgIpc) is 2.76. The second kappa shape index (κ2) is 14.6. The van der Waals surface area contributed by atoms with Crippen LogP contribution < -0.4 is 28.4 Å². The highest BCUT2D eigenvalue weighted by molar-refractivity contribution is 5.90. The predicted octanol–water partition coefficient (Wildman–Crippen LogP) is 1.62. The summed E-state index contributed by atoms with van der Waals surface area (Å²) in [4.78, 5) is 21.6. The number of carboxylic acids is 2. The topological polar surface area (TPSA) is 161 Å². The summed E-state index contributed by atoms with van der Waals surface area (Å²) in [6.45, 7) is 0. The molecule has 0 unspecified atom stereocenters. The molecule has 4 N–H and O–H groups in total. The van der Waals surface area contributed by atoms with Crippen LogP contribution in [-0.4, -0.2) is 87.6 Å². The maximum absolute atomic E-state index is 10.8. The van der Waals surface area contributed by atoms with E-state index in [9.17, 15) is 9.59 Å². The number of methoxy groups -OCH3 is 6. The highest BCUT2D eigenvalue weighted by atomic mass is 27.0. The molecule has 12 heteroatoms. The van der Waals surface area contributed by atoms with Crippen LogP contribution >= 0.6 is 0 Å². The Hall–Kier alpha value is -3.33.